The van der Waals surface area contributed by atoms with Gasteiger partial charge in [0.1, 0.15) is 17.4 Å². The lowest BCUT2D eigenvalue weighted by Crippen LogP contribution is -2.53. The Morgan fingerprint density at radius 1 is 1.35 bits per heavy atom. The number of rotatable bonds is 5. The van der Waals surface area contributed by atoms with Gasteiger partial charge in [0, 0.05) is 6.54 Å². The van der Waals surface area contributed by atoms with E-state index in [0.29, 0.717) is 11.3 Å². The molecule has 0 spiro atoms. The molecule has 7 heteroatoms. The summed E-state index contributed by atoms with van der Waals surface area (Å²) in [5.41, 5.74) is 0.644. The molecule has 6 nitrogen and oxygen atoms in total. The van der Waals surface area contributed by atoms with Crippen LogP contribution in [-0.4, -0.2) is 35.0 Å². The number of hydrogen-bond donors (Lipinski definition) is 1. The fraction of sp³-hybridized carbons (Fsp3) is 0.125. The van der Waals surface area contributed by atoms with E-state index in [1.54, 1.807) is 24.3 Å². The Bertz CT molecular complexity index is 732. The number of benzene rings is 1. The van der Waals surface area contributed by atoms with Crippen LogP contribution in [0.2, 0.25) is 0 Å². The molecule has 0 unspecified atom stereocenters. The van der Waals surface area contributed by atoms with Gasteiger partial charge in [0.2, 0.25) is 0 Å². The molecule has 1 N–H and O–H groups in total. The summed E-state index contributed by atoms with van der Waals surface area (Å²) in [6.45, 7) is 3.74. The number of carbonyl (C=O) groups is 2. The SMILES string of the molecule is C=CCN1C(=O)/C(=C/c2ccc(OCC#N)cc2)C(=O)NC1=S. The summed E-state index contributed by atoms with van der Waals surface area (Å²) in [4.78, 5) is 25.6. The normalized spacial score (nSPS) is 16.0. The number of ether oxygens (including phenoxy) is 1. The first-order valence-corrected chi connectivity index (χ1v) is 7.07. The van der Waals surface area contributed by atoms with E-state index >= 15 is 0 Å². The summed E-state index contributed by atoms with van der Waals surface area (Å²) in [6.07, 6.45) is 3.00. The Morgan fingerprint density at radius 3 is 2.65 bits per heavy atom. The molecule has 2 amide bonds. The molecule has 1 aliphatic heterocycles. The highest BCUT2D eigenvalue weighted by atomic mass is 32.1. The molecule has 1 aromatic rings. The van der Waals surface area contributed by atoms with E-state index in [9.17, 15) is 9.59 Å². The van der Waals surface area contributed by atoms with Gasteiger partial charge in [0.05, 0.1) is 0 Å². The molecule has 116 valence electrons. The van der Waals surface area contributed by atoms with E-state index in [1.165, 1.54) is 17.1 Å². The van der Waals surface area contributed by atoms with E-state index in [4.69, 9.17) is 22.2 Å². The third-order valence-electron chi connectivity index (χ3n) is 2.99. The average Bonchev–Trinajstić information content (AvgIpc) is 2.54. The van der Waals surface area contributed by atoms with Crippen LogP contribution in [-0.2, 0) is 9.59 Å². The van der Waals surface area contributed by atoms with Crippen LogP contribution in [0.3, 0.4) is 0 Å². The van der Waals surface area contributed by atoms with E-state index in [1.807, 2.05) is 6.07 Å². The maximum absolute atomic E-state index is 12.3. The van der Waals surface area contributed by atoms with E-state index in [-0.39, 0.29) is 23.8 Å². The van der Waals surface area contributed by atoms with Crippen molar-refractivity contribution in [3.05, 3.63) is 48.1 Å². The summed E-state index contributed by atoms with van der Waals surface area (Å²) in [5.74, 6) is -0.476. The Kier molecular flexibility index (Phi) is 5.23. The van der Waals surface area contributed by atoms with Crippen LogP contribution in [0.15, 0.2) is 42.5 Å². The first-order valence-electron chi connectivity index (χ1n) is 6.66. The molecular weight excluding hydrogens is 314 g/mol. The Hall–Kier alpha value is -2.98. The van der Waals surface area contributed by atoms with Crippen molar-refractivity contribution in [1.29, 1.82) is 5.26 Å². The molecule has 2 rings (SSSR count). The molecular formula is C16H13N3O3S. The van der Waals surface area contributed by atoms with Gasteiger partial charge in [0.15, 0.2) is 11.7 Å². The minimum absolute atomic E-state index is 0.00820. The molecule has 0 atom stereocenters. The number of nitrogens with zero attached hydrogens (tertiary/aromatic N) is 2. The molecule has 0 bridgehead atoms. The van der Waals surface area contributed by atoms with Gasteiger partial charge in [0.25, 0.3) is 11.8 Å². The predicted octanol–water partition coefficient (Wildman–Crippen LogP) is 1.40. The molecule has 0 radical (unpaired) electrons. The Morgan fingerprint density at radius 2 is 2.04 bits per heavy atom. The smallest absolute Gasteiger partial charge is 0.265 e. The highest BCUT2D eigenvalue weighted by molar-refractivity contribution is 7.80. The number of carbonyl (C=O) groups excluding carboxylic acids is 2. The standard InChI is InChI=1S/C16H13N3O3S/c1-2-8-19-15(21)13(14(20)18-16(19)23)10-11-3-5-12(6-4-11)22-9-7-17/h2-6,10H,1,8-9H2,(H,18,20,23)/b13-10+. The third kappa shape index (κ3) is 3.81. The van der Waals surface area contributed by atoms with Crippen molar-refractivity contribution < 1.29 is 14.3 Å². The highest BCUT2D eigenvalue weighted by Gasteiger charge is 2.32. The molecule has 1 saturated heterocycles. The van der Waals surface area contributed by atoms with Crippen LogP contribution in [0.5, 0.6) is 5.75 Å². The molecule has 1 heterocycles. The van der Waals surface area contributed by atoms with Crippen molar-refractivity contribution in [1.82, 2.24) is 10.2 Å². The minimum atomic E-state index is -0.537. The van der Waals surface area contributed by atoms with Crippen molar-refractivity contribution in [3.8, 4) is 11.8 Å². The van der Waals surface area contributed by atoms with Crippen LogP contribution in [0.4, 0.5) is 0 Å². The van der Waals surface area contributed by atoms with Crippen LogP contribution in [0.1, 0.15) is 5.56 Å². The van der Waals surface area contributed by atoms with Crippen LogP contribution < -0.4 is 10.1 Å². The lowest BCUT2D eigenvalue weighted by molar-refractivity contribution is -0.128. The van der Waals surface area contributed by atoms with Gasteiger partial charge in [-0.3, -0.25) is 19.8 Å². The van der Waals surface area contributed by atoms with Gasteiger partial charge in [-0.05, 0) is 36.0 Å². The monoisotopic (exact) mass is 327 g/mol. The van der Waals surface area contributed by atoms with Crippen LogP contribution >= 0.6 is 12.2 Å². The second-order valence-corrected chi connectivity index (χ2v) is 4.92. The van der Waals surface area contributed by atoms with Crippen LogP contribution in [0, 0.1) is 11.3 Å². The Labute approximate surface area is 138 Å². The maximum Gasteiger partial charge on any atom is 0.265 e. The number of hydrogen-bond acceptors (Lipinski definition) is 5. The third-order valence-corrected chi connectivity index (χ3v) is 3.31. The largest absolute Gasteiger partial charge is 0.479 e. The predicted molar refractivity (Wildman–Crippen MR) is 88.2 cm³/mol. The van der Waals surface area contributed by atoms with Gasteiger partial charge < -0.3 is 4.74 Å². The molecule has 23 heavy (non-hydrogen) atoms. The molecule has 0 aliphatic carbocycles. The van der Waals surface area contributed by atoms with Gasteiger partial charge in [-0.15, -0.1) is 6.58 Å². The fourth-order valence-corrected chi connectivity index (χ4v) is 2.18. The minimum Gasteiger partial charge on any atom is -0.479 e. The lowest BCUT2D eigenvalue weighted by Gasteiger charge is -2.27. The zero-order chi connectivity index (χ0) is 16.8. The second kappa shape index (κ2) is 7.33. The second-order valence-electron chi connectivity index (χ2n) is 4.54. The molecule has 1 aliphatic rings. The summed E-state index contributed by atoms with van der Waals surface area (Å²) < 4.78 is 5.14. The van der Waals surface area contributed by atoms with Gasteiger partial charge in [-0.2, -0.15) is 5.26 Å². The zero-order valence-corrected chi connectivity index (χ0v) is 12.9. The van der Waals surface area contributed by atoms with E-state index < -0.39 is 11.8 Å². The number of thiocarbonyl (C=S) groups is 1. The first-order chi connectivity index (χ1) is 11.1. The lowest BCUT2D eigenvalue weighted by atomic mass is 10.1. The first kappa shape index (κ1) is 16.4. The summed E-state index contributed by atoms with van der Waals surface area (Å²) in [5, 5.41) is 11.0. The number of amides is 2. The zero-order valence-electron chi connectivity index (χ0n) is 12.1. The average molecular weight is 327 g/mol. The highest BCUT2D eigenvalue weighted by Crippen LogP contribution is 2.17. The summed E-state index contributed by atoms with van der Waals surface area (Å²) in [6, 6.07) is 8.55. The molecule has 0 saturated carbocycles. The van der Waals surface area contributed by atoms with Gasteiger partial charge in [-0.1, -0.05) is 18.2 Å². The Balaban J connectivity index is 2.24. The summed E-state index contributed by atoms with van der Waals surface area (Å²) >= 11 is 4.98. The van der Waals surface area contributed by atoms with E-state index in [2.05, 4.69) is 11.9 Å². The molecule has 1 fully saturated rings. The van der Waals surface area contributed by atoms with Crippen LogP contribution in [0.25, 0.3) is 6.08 Å². The van der Waals surface area contributed by atoms with Crippen molar-refractivity contribution >= 4 is 35.2 Å². The molecule has 1 aromatic carbocycles. The maximum atomic E-state index is 12.3. The van der Waals surface area contributed by atoms with Crippen molar-refractivity contribution in [3.63, 3.8) is 0 Å². The quantitative estimate of drug-likeness (QED) is 0.383. The van der Waals surface area contributed by atoms with Crippen molar-refractivity contribution in [2.75, 3.05) is 13.2 Å². The number of nitriles is 1. The summed E-state index contributed by atoms with van der Waals surface area (Å²) in [7, 11) is 0. The van der Waals surface area contributed by atoms with Crippen molar-refractivity contribution in [2.45, 2.75) is 0 Å². The number of nitrogens with one attached hydrogen (secondary N) is 1. The topological polar surface area (TPSA) is 82.4 Å². The fourth-order valence-electron chi connectivity index (χ4n) is 1.93. The van der Waals surface area contributed by atoms with Gasteiger partial charge in [-0.25, -0.2) is 0 Å². The van der Waals surface area contributed by atoms with Crippen molar-refractivity contribution in [2.24, 2.45) is 0 Å². The van der Waals surface area contributed by atoms with Gasteiger partial charge >= 0.3 is 0 Å². The molecule has 0 aromatic heterocycles. The van der Waals surface area contributed by atoms with E-state index in [0.717, 1.165) is 0 Å².